The summed E-state index contributed by atoms with van der Waals surface area (Å²) in [7, 11) is 0. The van der Waals surface area contributed by atoms with Crippen molar-refractivity contribution in [3.63, 3.8) is 0 Å². The average molecular weight is 314 g/mol. The van der Waals surface area contributed by atoms with Crippen molar-refractivity contribution >= 4 is 17.5 Å². The molecule has 5 nitrogen and oxygen atoms in total. The fourth-order valence-electron chi connectivity index (χ4n) is 2.27. The van der Waals surface area contributed by atoms with E-state index in [0.29, 0.717) is 23.9 Å². The second-order valence-corrected chi connectivity index (χ2v) is 5.67. The van der Waals surface area contributed by atoms with Crippen molar-refractivity contribution in [2.24, 2.45) is 0 Å². The fraction of sp³-hybridized carbons (Fsp3) is 0.533. The molecule has 0 spiro atoms. The third-order valence-electron chi connectivity index (χ3n) is 3.52. The van der Waals surface area contributed by atoms with Gasteiger partial charge in [-0.15, -0.1) is 0 Å². The first kappa shape index (κ1) is 16.1. The number of nitrogens with zero attached hydrogens (tertiary/aromatic N) is 1. The van der Waals surface area contributed by atoms with Crippen LogP contribution in [0, 0.1) is 6.92 Å². The summed E-state index contributed by atoms with van der Waals surface area (Å²) in [6, 6.07) is 5.26. The highest BCUT2D eigenvalue weighted by molar-refractivity contribution is 6.30. The molecule has 1 aromatic rings. The molecule has 116 valence electrons. The number of hydrogen-bond acceptors (Lipinski definition) is 4. The topological polar surface area (TPSA) is 59.0 Å². The van der Waals surface area contributed by atoms with Crippen molar-refractivity contribution in [1.82, 2.24) is 4.90 Å². The summed E-state index contributed by atoms with van der Waals surface area (Å²) in [6.45, 7) is 4.49. The largest absolute Gasteiger partial charge is 0.483 e. The zero-order chi connectivity index (χ0) is 15.4. The lowest BCUT2D eigenvalue weighted by Crippen LogP contribution is -2.53. The Kier molecular flexibility index (Phi) is 5.45. The summed E-state index contributed by atoms with van der Waals surface area (Å²) in [6.07, 6.45) is -0.317. The summed E-state index contributed by atoms with van der Waals surface area (Å²) in [5.74, 6) is 0.533. The van der Waals surface area contributed by atoms with Crippen LogP contribution in [0.15, 0.2) is 18.2 Å². The minimum atomic E-state index is -0.317. The maximum absolute atomic E-state index is 12.3. The van der Waals surface area contributed by atoms with Crippen molar-refractivity contribution < 1.29 is 19.4 Å². The molecule has 0 saturated carbocycles. The second-order valence-electron chi connectivity index (χ2n) is 5.23. The number of hydrogen-bond donors (Lipinski definition) is 1. The van der Waals surface area contributed by atoms with Crippen LogP contribution < -0.4 is 4.74 Å². The molecular weight excluding hydrogens is 294 g/mol. The highest BCUT2D eigenvalue weighted by Crippen LogP contribution is 2.22. The van der Waals surface area contributed by atoms with Gasteiger partial charge in [0.2, 0.25) is 0 Å². The maximum atomic E-state index is 12.3. The molecule has 6 heteroatoms. The van der Waals surface area contributed by atoms with E-state index in [-0.39, 0.29) is 31.3 Å². The predicted octanol–water partition coefficient (Wildman–Crippen LogP) is 1.64. The molecule has 0 radical (unpaired) electrons. The lowest BCUT2D eigenvalue weighted by atomic mass is 10.2. The smallest absolute Gasteiger partial charge is 0.260 e. The van der Waals surface area contributed by atoms with Gasteiger partial charge in [-0.05, 0) is 37.6 Å². The van der Waals surface area contributed by atoms with Gasteiger partial charge in [0.15, 0.2) is 6.61 Å². The van der Waals surface area contributed by atoms with E-state index in [4.69, 9.17) is 26.2 Å². The Morgan fingerprint density at radius 1 is 1.57 bits per heavy atom. The molecule has 1 heterocycles. The molecule has 1 aromatic carbocycles. The van der Waals surface area contributed by atoms with Gasteiger partial charge in [0, 0.05) is 11.6 Å². The Hall–Kier alpha value is -1.30. The van der Waals surface area contributed by atoms with E-state index in [2.05, 4.69) is 0 Å². The molecular formula is C15H20ClNO4. The van der Waals surface area contributed by atoms with Crippen LogP contribution in [0.4, 0.5) is 0 Å². The molecule has 0 aromatic heterocycles. The van der Waals surface area contributed by atoms with Crippen LogP contribution >= 0.6 is 11.6 Å². The molecule has 2 unspecified atom stereocenters. The van der Waals surface area contributed by atoms with E-state index in [1.807, 2.05) is 13.8 Å². The SMILES string of the molecule is Cc1cc(Cl)ccc1OCC(=O)N1CC(CO)OCC1C. The summed E-state index contributed by atoms with van der Waals surface area (Å²) >= 11 is 5.88. The average Bonchev–Trinajstić information content (AvgIpc) is 2.46. The number of amides is 1. The summed E-state index contributed by atoms with van der Waals surface area (Å²) in [4.78, 5) is 13.9. The van der Waals surface area contributed by atoms with Gasteiger partial charge in [0.25, 0.3) is 5.91 Å². The molecule has 2 rings (SSSR count). The summed E-state index contributed by atoms with van der Waals surface area (Å²) < 4.78 is 11.0. The quantitative estimate of drug-likeness (QED) is 0.918. The van der Waals surface area contributed by atoms with Crippen molar-refractivity contribution in [3.8, 4) is 5.75 Å². The minimum absolute atomic E-state index is 0.0183. The highest BCUT2D eigenvalue weighted by atomic mass is 35.5. The number of morpholine rings is 1. The Bertz CT molecular complexity index is 508. The van der Waals surface area contributed by atoms with Gasteiger partial charge in [0.05, 0.1) is 25.4 Å². The van der Waals surface area contributed by atoms with Gasteiger partial charge < -0.3 is 19.5 Å². The van der Waals surface area contributed by atoms with Crippen LogP contribution in [0.25, 0.3) is 0 Å². The monoisotopic (exact) mass is 313 g/mol. The van der Waals surface area contributed by atoms with Crippen molar-refractivity contribution in [2.45, 2.75) is 26.0 Å². The standard InChI is InChI=1S/C15H20ClNO4/c1-10-5-12(16)3-4-14(10)21-9-15(19)17-6-13(7-18)20-8-11(17)2/h3-5,11,13,18H,6-9H2,1-2H3. The van der Waals surface area contributed by atoms with Crippen LogP contribution in [0.1, 0.15) is 12.5 Å². The van der Waals surface area contributed by atoms with Crippen molar-refractivity contribution in [3.05, 3.63) is 28.8 Å². The van der Waals surface area contributed by atoms with Gasteiger partial charge in [-0.3, -0.25) is 4.79 Å². The van der Waals surface area contributed by atoms with Crippen LogP contribution in [0.5, 0.6) is 5.75 Å². The lowest BCUT2D eigenvalue weighted by molar-refractivity contribution is -0.148. The Morgan fingerprint density at radius 3 is 3.00 bits per heavy atom. The number of ether oxygens (including phenoxy) is 2. The van der Waals surface area contributed by atoms with Gasteiger partial charge in [-0.2, -0.15) is 0 Å². The molecule has 21 heavy (non-hydrogen) atoms. The van der Waals surface area contributed by atoms with Crippen molar-refractivity contribution in [2.75, 3.05) is 26.4 Å². The van der Waals surface area contributed by atoms with E-state index in [9.17, 15) is 4.79 Å². The van der Waals surface area contributed by atoms with E-state index < -0.39 is 0 Å². The van der Waals surface area contributed by atoms with Crippen LogP contribution in [0.3, 0.4) is 0 Å². The number of benzene rings is 1. The third kappa shape index (κ3) is 4.09. The minimum Gasteiger partial charge on any atom is -0.483 e. The second kappa shape index (κ2) is 7.11. The molecule has 1 saturated heterocycles. The number of aryl methyl sites for hydroxylation is 1. The number of carbonyl (C=O) groups excluding carboxylic acids is 1. The Labute approximate surface area is 129 Å². The first-order valence-corrected chi connectivity index (χ1v) is 7.30. The maximum Gasteiger partial charge on any atom is 0.260 e. The van der Waals surface area contributed by atoms with E-state index >= 15 is 0 Å². The van der Waals surface area contributed by atoms with E-state index in [0.717, 1.165) is 5.56 Å². The lowest BCUT2D eigenvalue weighted by Gasteiger charge is -2.37. The molecule has 1 fully saturated rings. The van der Waals surface area contributed by atoms with Crippen LogP contribution in [-0.4, -0.2) is 54.4 Å². The molecule has 1 aliphatic rings. The zero-order valence-electron chi connectivity index (χ0n) is 12.2. The molecule has 1 N–H and O–H groups in total. The number of rotatable bonds is 4. The molecule has 0 bridgehead atoms. The number of halogens is 1. The van der Waals surface area contributed by atoms with Gasteiger partial charge in [-0.1, -0.05) is 11.6 Å². The first-order chi connectivity index (χ1) is 10.0. The molecule has 2 atom stereocenters. The van der Waals surface area contributed by atoms with Gasteiger partial charge >= 0.3 is 0 Å². The molecule has 1 amide bonds. The summed E-state index contributed by atoms with van der Waals surface area (Å²) in [5, 5.41) is 9.78. The third-order valence-corrected chi connectivity index (χ3v) is 3.75. The Balaban J connectivity index is 1.94. The van der Waals surface area contributed by atoms with Crippen molar-refractivity contribution in [1.29, 1.82) is 0 Å². The van der Waals surface area contributed by atoms with Crippen LogP contribution in [0.2, 0.25) is 5.02 Å². The van der Waals surface area contributed by atoms with Crippen LogP contribution in [-0.2, 0) is 9.53 Å². The Morgan fingerprint density at radius 2 is 2.33 bits per heavy atom. The van der Waals surface area contributed by atoms with E-state index in [1.54, 1.807) is 23.1 Å². The summed E-state index contributed by atoms with van der Waals surface area (Å²) in [5.41, 5.74) is 0.888. The first-order valence-electron chi connectivity index (χ1n) is 6.92. The predicted molar refractivity (Wildman–Crippen MR) is 79.7 cm³/mol. The molecule has 0 aliphatic carbocycles. The highest BCUT2D eigenvalue weighted by Gasteiger charge is 2.29. The van der Waals surface area contributed by atoms with E-state index in [1.165, 1.54) is 0 Å². The number of aliphatic hydroxyl groups is 1. The normalized spacial score (nSPS) is 22.2. The number of carbonyl (C=O) groups is 1. The van der Waals surface area contributed by atoms with Gasteiger partial charge in [0.1, 0.15) is 5.75 Å². The van der Waals surface area contributed by atoms with Gasteiger partial charge in [-0.25, -0.2) is 0 Å². The molecule has 1 aliphatic heterocycles. The zero-order valence-corrected chi connectivity index (χ0v) is 13.0. The number of aliphatic hydroxyl groups excluding tert-OH is 1. The fourth-order valence-corrected chi connectivity index (χ4v) is 2.50.